The number of hydrogen-bond acceptors (Lipinski definition) is 4. The van der Waals surface area contributed by atoms with Crippen LogP contribution in [0.25, 0.3) is 0 Å². The van der Waals surface area contributed by atoms with E-state index in [0.29, 0.717) is 12.3 Å². The largest absolute Gasteiger partial charge is 0.332 e. The van der Waals surface area contributed by atoms with Gasteiger partial charge in [0.1, 0.15) is 0 Å². The highest BCUT2D eigenvalue weighted by Crippen LogP contribution is 2.35. The molecule has 1 aliphatic heterocycles. The van der Waals surface area contributed by atoms with E-state index in [-0.39, 0.29) is 23.4 Å². The number of nitrogens with two attached hydrogens (primary N) is 1. The van der Waals surface area contributed by atoms with E-state index in [0.717, 1.165) is 17.2 Å². The molecule has 0 bridgehead atoms. The lowest BCUT2D eigenvalue weighted by Gasteiger charge is -2.27. The number of carbonyl (C=O) groups excluding carboxylic acids is 1. The zero-order chi connectivity index (χ0) is 15.1. The van der Waals surface area contributed by atoms with Crippen molar-refractivity contribution in [3.05, 3.63) is 16.1 Å². The van der Waals surface area contributed by atoms with Gasteiger partial charge >= 0.3 is 0 Å². The maximum atomic E-state index is 12.1. The van der Waals surface area contributed by atoms with Crippen molar-refractivity contribution in [1.82, 2.24) is 9.88 Å². The van der Waals surface area contributed by atoms with E-state index in [1.165, 1.54) is 0 Å². The molecule has 0 aliphatic carbocycles. The smallest absolute Gasteiger partial charge is 0.224 e. The minimum atomic E-state index is -0.142. The van der Waals surface area contributed by atoms with Crippen molar-refractivity contribution >= 4 is 17.2 Å². The average molecular weight is 295 g/mol. The van der Waals surface area contributed by atoms with Crippen molar-refractivity contribution in [3.8, 4) is 0 Å². The Morgan fingerprint density at radius 3 is 2.65 bits per heavy atom. The molecule has 0 spiro atoms. The van der Waals surface area contributed by atoms with Gasteiger partial charge in [0.2, 0.25) is 5.91 Å². The minimum Gasteiger partial charge on any atom is -0.332 e. The van der Waals surface area contributed by atoms with Crippen LogP contribution in [-0.2, 0) is 10.2 Å². The van der Waals surface area contributed by atoms with Crippen LogP contribution in [0.1, 0.15) is 57.8 Å². The summed E-state index contributed by atoms with van der Waals surface area (Å²) in [5.41, 5.74) is 7.19. The summed E-state index contributed by atoms with van der Waals surface area (Å²) in [4.78, 5) is 18.8. The maximum Gasteiger partial charge on any atom is 0.224 e. The van der Waals surface area contributed by atoms with E-state index < -0.39 is 0 Å². The molecule has 1 amide bonds. The normalized spacial score (nSPS) is 23.9. The molecule has 0 radical (unpaired) electrons. The molecule has 0 saturated carbocycles. The van der Waals surface area contributed by atoms with Crippen molar-refractivity contribution < 1.29 is 4.79 Å². The summed E-state index contributed by atoms with van der Waals surface area (Å²) < 4.78 is 0. The van der Waals surface area contributed by atoms with Gasteiger partial charge in [-0.2, -0.15) is 0 Å². The third-order valence-electron chi connectivity index (χ3n) is 3.50. The Morgan fingerprint density at radius 1 is 1.50 bits per heavy atom. The van der Waals surface area contributed by atoms with Crippen LogP contribution in [-0.4, -0.2) is 28.4 Å². The third kappa shape index (κ3) is 3.04. The number of aromatic nitrogens is 1. The quantitative estimate of drug-likeness (QED) is 0.932. The highest BCUT2D eigenvalue weighted by atomic mass is 32.1. The van der Waals surface area contributed by atoms with Gasteiger partial charge in [-0.1, -0.05) is 34.6 Å². The first-order valence-corrected chi connectivity index (χ1v) is 8.09. The first-order valence-electron chi connectivity index (χ1n) is 7.21. The summed E-state index contributed by atoms with van der Waals surface area (Å²) >= 11 is 1.66. The number of carbonyl (C=O) groups is 1. The fraction of sp³-hybridized carbons (Fsp3) is 0.733. The topological polar surface area (TPSA) is 59.2 Å². The van der Waals surface area contributed by atoms with Crippen LogP contribution in [0.2, 0.25) is 0 Å². The van der Waals surface area contributed by atoms with Crippen molar-refractivity contribution in [2.75, 3.05) is 6.54 Å². The van der Waals surface area contributed by atoms with Crippen molar-refractivity contribution in [3.63, 3.8) is 0 Å². The second kappa shape index (κ2) is 5.45. The number of nitrogens with zero attached hydrogens (tertiary/aromatic N) is 2. The Morgan fingerprint density at radius 2 is 2.15 bits per heavy atom. The van der Waals surface area contributed by atoms with Crippen LogP contribution in [0, 0.1) is 5.92 Å². The number of hydrogen-bond donors (Lipinski definition) is 1. The van der Waals surface area contributed by atoms with Gasteiger partial charge in [-0.05, 0) is 5.92 Å². The van der Waals surface area contributed by atoms with E-state index in [1.54, 1.807) is 11.3 Å². The van der Waals surface area contributed by atoms with Crippen molar-refractivity contribution in [1.29, 1.82) is 0 Å². The molecule has 20 heavy (non-hydrogen) atoms. The van der Waals surface area contributed by atoms with Crippen LogP contribution in [0.3, 0.4) is 0 Å². The molecule has 0 aromatic carbocycles. The summed E-state index contributed by atoms with van der Waals surface area (Å²) in [6, 6.07) is -0.201. The lowest BCUT2D eigenvalue weighted by Crippen LogP contribution is -2.35. The van der Waals surface area contributed by atoms with Gasteiger partial charge < -0.3 is 10.6 Å². The molecule has 2 N–H and O–H groups in total. The molecule has 1 fully saturated rings. The lowest BCUT2D eigenvalue weighted by atomic mass is 9.98. The SMILES string of the molecule is CC(C)CN1C(=O)CC(N)C1c1csc(C(C)(C)C)n1. The summed E-state index contributed by atoms with van der Waals surface area (Å²) in [6.45, 7) is 11.5. The second-order valence-corrected chi connectivity index (χ2v) is 7.94. The standard InChI is InChI=1S/C15H25N3OS/c1-9(2)7-18-12(19)6-10(16)13(18)11-8-20-14(17-11)15(3,4)5/h8-10,13H,6-7,16H2,1-5H3. The van der Waals surface area contributed by atoms with E-state index in [9.17, 15) is 4.79 Å². The lowest BCUT2D eigenvalue weighted by molar-refractivity contribution is -0.129. The zero-order valence-electron chi connectivity index (χ0n) is 13.0. The molecule has 112 valence electrons. The van der Waals surface area contributed by atoms with Crippen LogP contribution >= 0.6 is 11.3 Å². The summed E-state index contributed by atoms with van der Waals surface area (Å²) in [5.74, 6) is 0.592. The monoisotopic (exact) mass is 295 g/mol. The fourth-order valence-electron chi connectivity index (χ4n) is 2.57. The van der Waals surface area contributed by atoms with Crippen LogP contribution < -0.4 is 5.73 Å². The molecule has 2 heterocycles. The molecule has 2 atom stereocenters. The van der Waals surface area contributed by atoms with Gasteiger partial charge in [0.25, 0.3) is 0 Å². The summed E-state index contributed by atoms with van der Waals surface area (Å²) in [7, 11) is 0. The number of thiazole rings is 1. The maximum absolute atomic E-state index is 12.1. The van der Waals surface area contributed by atoms with Gasteiger partial charge in [-0.3, -0.25) is 4.79 Å². The number of likely N-dealkylation sites (tertiary alicyclic amines) is 1. The Labute approximate surface area is 125 Å². The van der Waals surface area contributed by atoms with Crippen LogP contribution in [0.4, 0.5) is 0 Å². The van der Waals surface area contributed by atoms with Gasteiger partial charge in [0, 0.05) is 29.8 Å². The summed E-state index contributed by atoms with van der Waals surface area (Å²) in [6.07, 6.45) is 0.430. The second-order valence-electron chi connectivity index (χ2n) is 7.08. The highest BCUT2D eigenvalue weighted by Gasteiger charge is 2.40. The van der Waals surface area contributed by atoms with Gasteiger partial charge in [-0.25, -0.2) is 4.98 Å². The van der Waals surface area contributed by atoms with Crippen LogP contribution in [0.15, 0.2) is 5.38 Å². The van der Waals surface area contributed by atoms with Crippen LogP contribution in [0.5, 0.6) is 0 Å². The third-order valence-corrected chi connectivity index (χ3v) is 4.79. The Hall–Kier alpha value is -0.940. The summed E-state index contributed by atoms with van der Waals surface area (Å²) in [5, 5.41) is 3.17. The number of rotatable bonds is 3. The Balaban J connectivity index is 2.28. The molecule has 1 aromatic heterocycles. The predicted molar refractivity (Wildman–Crippen MR) is 82.7 cm³/mol. The fourth-order valence-corrected chi connectivity index (χ4v) is 3.51. The first kappa shape index (κ1) is 15.4. The van der Waals surface area contributed by atoms with Crippen molar-refractivity contribution in [2.45, 2.75) is 58.5 Å². The Kier molecular flexibility index (Phi) is 4.21. The molecular weight excluding hydrogens is 270 g/mol. The molecule has 2 rings (SSSR count). The molecule has 1 aromatic rings. The van der Waals surface area contributed by atoms with E-state index in [1.807, 2.05) is 4.90 Å². The van der Waals surface area contributed by atoms with E-state index in [2.05, 4.69) is 40.0 Å². The average Bonchev–Trinajstić information content (AvgIpc) is 2.84. The number of amides is 1. The zero-order valence-corrected chi connectivity index (χ0v) is 13.8. The van der Waals surface area contributed by atoms with E-state index >= 15 is 0 Å². The first-order chi connectivity index (χ1) is 9.20. The molecule has 5 heteroatoms. The Bertz CT molecular complexity index is 490. The minimum absolute atomic E-state index is 0.0402. The molecular formula is C15H25N3OS. The molecule has 1 saturated heterocycles. The molecule has 2 unspecified atom stereocenters. The van der Waals surface area contributed by atoms with Gasteiger partial charge in [-0.15, -0.1) is 11.3 Å². The van der Waals surface area contributed by atoms with E-state index in [4.69, 9.17) is 10.7 Å². The highest BCUT2D eigenvalue weighted by molar-refractivity contribution is 7.09. The van der Waals surface area contributed by atoms with Crippen molar-refractivity contribution in [2.24, 2.45) is 11.7 Å². The molecule has 4 nitrogen and oxygen atoms in total. The predicted octanol–water partition coefficient (Wildman–Crippen LogP) is 2.70. The van der Waals surface area contributed by atoms with Gasteiger partial charge in [0.15, 0.2) is 0 Å². The molecule has 1 aliphatic rings. The van der Waals surface area contributed by atoms with Gasteiger partial charge in [0.05, 0.1) is 16.7 Å².